The highest BCUT2D eigenvalue weighted by atomic mass is 35.5. The van der Waals surface area contributed by atoms with E-state index in [-0.39, 0.29) is 21.8 Å². The molecule has 1 heterocycles. The summed E-state index contributed by atoms with van der Waals surface area (Å²) in [5, 5.41) is 9.89. The lowest BCUT2D eigenvalue weighted by atomic mass is 9.82. The second-order valence-electron chi connectivity index (χ2n) is 7.91. The molecule has 0 aliphatic carbocycles. The fourth-order valence-corrected chi connectivity index (χ4v) is 3.88. The molecule has 0 fully saturated rings. The fraction of sp³-hybridized carbons (Fsp3) is 0.400. The van der Waals surface area contributed by atoms with Crippen LogP contribution in [0.2, 0.25) is 5.02 Å². The number of carboxylic acid groups (broad SMARTS) is 1. The van der Waals surface area contributed by atoms with E-state index in [1.165, 1.54) is 31.3 Å². The predicted octanol–water partition coefficient (Wildman–Crippen LogP) is 4.83. The first-order valence-electron chi connectivity index (χ1n) is 8.88. The number of rotatable bonds is 6. The van der Waals surface area contributed by atoms with Crippen molar-refractivity contribution in [3.8, 4) is 0 Å². The van der Waals surface area contributed by atoms with Gasteiger partial charge in [-0.2, -0.15) is 13.2 Å². The van der Waals surface area contributed by atoms with E-state index in [0.29, 0.717) is 0 Å². The minimum Gasteiger partial charge on any atom is -0.598 e. The van der Waals surface area contributed by atoms with Crippen molar-refractivity contribution in [1.29, 1.82) is 0 Å². The molecule has 164 valence electrons. The monoisotopic (exact) mass is 462 g/mol. The molecule has 0 amide bonds. The molecule has 2 N–H and O–H groups in total. The third-order valence-corrected chi connectivity index (χ3v) is 6.17. The molecule has 10 heteroatoms. The van der Waals surface area contributed by atoms with Crippen LogP contribution in [0.3, 0.4) is 0 Å². The second-order valence-corrected chi connectivity index (χ2v) is 10.3. The fourth-order valence-electron chi connectivity index (χ4n) is 2.85. The van der Waals surface area contributed by atoms with Crippen LogP contribution in [0.1, 0.15) is 49.6 Å². The highest BCUT2D eigenvalue weighted by molar-refractivity contribution is 7.90. The van der Waals surface area contributed by atoms with Crippen LogP contribution in [-0.4, -0.2) is 25.4 Å². The van der Waals surface area contributed by atoms with Crippen LogP contribution < -0.4 is 4.72 Å². The van der Waals surface area contributed by atoms with E-state index in [1.807, 2.05) is 0 Å². The van der Waals surface area contributed by atoms with Crippen LogP contribution in [-0.2, 0) is 27.9 Å². The first kappa shape index (κ1) is 24.5. The van der Waals surface area contributed by atoms with Gasteiger partial charge < -0.3 is 9.66 Å². The molecule has 5 nitrogen and oxygen atoms in total. The third kappa shape index (κ3) is 5.66. The third-order valence-electron chi connectivity index (χ3n) is 4.30. The van der Waals surface area contributed by atoms with Gasteiger partial charge in [0.25, 0.3) is 0 Å². The lowest BCUT2D eigenvalue weighted by molar-refractivity contribution is -0.138. The van der Waals surface area contributed by atoms with E-state index >= 15 is 0 Å². The van der Waals surface area contributed by atoms with Crippen LogP contribution in [0.15, 0.2) is 36.5 Å². The first-order valence-corrected chi connectivity index (χ1v) is 10.4. The summed E-state index contributed by atoms with van der Waals surface area (Å²) in [7, 11) is 0. The summed E-state index contributed by atoms with van der Waals surface area (Å²) < 4.78 is 55.4. The number of nitrogens with zero attached hydrogens (tertiary/aromatic N) is 1. The number of hydrogen-bond donors (Lipinski definition) is 2. The smallest absolute Gasteiger partial charge is 0.416 e. The van der Waals surface area contributed by atoms with Crippen molar-refractivity contribution < 1.29 is 27.6 Å². The van der Waals surface area contributed by atoms with E-state index in [2.05, 4.69) is 9.71 Å². The lowest BCUT2D eigenvalue weighted by Gasteiger charge is -2.37. The average molecular weight is 463 g/mol. The van der Waals surface area contributed by atoms with Gasteiger partial charge in [-0.3, -0.25) is 9.78 Å². The summed E-state index contributed by atoms with van der Waals surface area (Å²) in [6.07, 6.45) is -4.08. The quantitative estimate of drug-likeness (QED) is 0.600. The van der Waals surface area contributed by atoms with Crippen LogP contribution in [0, 0.1) is 6.92 Å². The molecule has 30 heavy (non-hydrogen) atoms. The number of hydrogen-bond acceptors (Lipinski definition) is 4. The number of halogens is 4. The van der Waals surface area contributed by atoms with Gasteiger partial charge in [0.2, 0.25) is 0 Å². The number of nitrogens with one attached hydrogen (secondary N) is 1. The summed E-state index contributed by atoms with van der Waals surface area (Å²) in [6, 6.07) is 6.11. The molecule has 0 aliphatic rings. The Morgan fingerprint density at radius 2 is 1.80 bits per heavy atom. The maximum absolute atomic E-state index is 13.5. The minimum atomic E-state index is -4.65. The number of aliphatic carboxylic acids is 1. The summed E-state index contributed by atoms with van der Waals surface area (Å²) in [5.41, 5.74) is -2.38. The van der Waals surface area contributed by atoms with Crippen LogP contribution in [0.25, 0.3) is 0 Å². The molecule has 1 aromatic carbocycles. The largest absolute Gasteiger partial charge is 0.598 e. The van der Waals surface area contributed by atoms with Crippen LogP contribution >= 0.6 is 11.6 Å². The van der Waals surface area contributed by atoms with Gasteiger partial charge in [0.05, 0.1) is 22.7 Å². The van der Waals surface area contributed by atoms with Gasteiger partial charge in [-0.1, -0.05) is 23.2 Å². The molecule has 2 aromatic rings. The average Bonchev–Trinajstić information content (AvgIpc) is 2.59. The number of alkyl halides is 3. The summed E-state index contributed by atoms with van der Waals surface area (Å²) >= 11 is 4.06. The van der Waals surface area contributed by atoms with E-state index in [1.54, 1.807) is 20.8 Å². The zero-order chi connectivity index (χ0) is 22.9. The zero-order valence-electron chi connectivity index (χ0n) is 16.8. The Kier molecular flexibility index (Phi) is 7.13. The zero-order valence-corrected chi connectivity index (χ0v) is 18.4. The molecule has 1 aromatic heterocycles. The Hall–Kier alpha value is -1.81. The van der Waals surface area contributed by atoms with E-state index in [9.17, 15) is 27.6 Å². The summed E-state index contributed by atoms with van der Waals surface area (Å²) in [6.45, 7) is 6.46. The van der Waals surface area contributed by atoms with Gasteiger partial charge >= 0.3 is 12.1 Å². The number of carbonyl (C=O) groups is 1. The number of carboxylic acids is 1. The molecule has 0 radical (unpaired) electrons. The van der Waals surface area contributed by atoms with Gasteiger partial charge in [0.1, 0.15) is 10.3 Å². The lowest BCUT2D eigenvalue weighted by Crippen LogP contribution is -2.53. The molecule has 2 rings (SSSR count). The Labute approximate surface area is 181 Å². The van der Waals surface area contributed by atoms with Gasteiger partial charge in [-0.25, -0.2) is 0 Å². The van der Waals surface area contributed by atoms with Crippen molar-refractivity contribution in [2.75, 3.05) is 0 Å². The second kappa shape index (κ2) is 8.74. The normalized spacial score (nSPS) is 15.5. The molecule has 2 atom stereocenters. The Morgan fingerprint density at radius 1 is 1.20 bits per heavy atom. The topological polar surface area (TPSA) is 85.3 Å². The number of aryl methyl sites for hydroxylation is 1. The van der Waals surface area contributed by atoms with Crippen molar-refractivity contribution in [2.24, 2.45) is 0 Å². The Morgan fingerprint density at radius 3 is 2.27 bits per heavy atom. The van der Waals surface area contributed by atoms with Crippen LogP contribution in [0.4, 0.5) is 13.2 Å². The van der Waals surface area contributed by atoms with Gasteiger partial charge in [0.15, 0.2) is 0 Å². The SMILES string of the molecule is Cc1cc(C(F)(F)F)cc([C@](CC(=O)O)(N[S+]([O-])C(C)(C)C)c2ccc(Cl)cn2)c1. The molecule has 0 aliphatic heterocycles. The summed E-state index contributed by atoms with van der Waals surface area (Å²) in [4.78, 5) is 16.0. The highest BCUT2D eigenvalue weighted by Crippen LogP contribution is 2.39. The van der Waals surface area contributed by atoms with Crippen molar-refractivity contribution in [3.05, 3.63) is 63.9 Å². The Bertz CT molecular complexity index is 917. The first-order chi connectivity index (χ1) is 13.6. The molecule has 0 saturated heterocycles. The molecule has 1 unspecified atom stereocenters. The number of pyridine rings is 1. The molecule has 0 spiro atoms. The highest BCUT2D eigenvalue weighted by Gasteiger charge is 2.46. The van der Waals surface area contributed by atoms with Crippen molar-refractivity contribution >= 4 is 28.9 Å². The molecule has 0 saturated carbocycles. The number of aromatic nitrogens is 1. The molecule has 0 bridgehead atoms. The molecular formula is C20H22ClF3N2O3S. The van der Waals surface area contributed by atoms with E-state index < -0.39 is 45.8 Å². The van der Waals surface area contributed by atoms with E-state index in [0.717, 1.165) is 12.1 Å². The van der Waals surface area contributed by atoms with Crippen molar-refractivity contribution in [2.45, 2.75) is 50.6 Å². The van der Waals surface area contributed by atoms with Crippen molar-refractivity contribution in [3.63, 3.8) is 0 Å². The van der Waals surface area contributed by atoms with E-state index in [4.69, 9.17) is 11.6 Å². The van der Waals surface area contributed by atoms with Gasteiger partial charge in [0, 0.05) is 17.6 Å². The minimum absolute atomic E-state index is 0.00959. The predicted molar refractivity (Wildman–Crippen MR) is 109 cm³/mol. The van der Waals surface area contributed by atoms with Crippen LogP contribution in [0.5, 0.6) is 0 Å². The summed E-state index contributed by atoms with van der Waals surface area (Å²) in [5.74, 6) is -1.31. The van der Waals surface area contributed by atoms with Gasteiger partial charge in [-0.05, 0) is 57.5 Å². The molecular weight excluding hydrogens is 441 g/mol. The Balaban J connectivity index is 2.84. The van der Waals surface area contributed by atoms with Crippen molar-refractivity contribution in [1.82, 2.24) is 9.71 Å². The maximum atomic E-state index is 13.5. The number of benzene rings is 1. The van der Waals surface area contributed by atoms with Gasteiger partial charge in [-0.15, -0.1) is 4.72 Å². The maximum Gasteiger partial charge on any atom is 0.416 e. The standard InChI is InChI=1S/C20H22ClF3N2O3S/c1-12-7-13(9-14(8-12)20(22,23)24)19(10-17(27)28,26-30(29)18(2,3)4)16-6-5-15(21)11-25-16/h5-9,11,26H,10H2,1-4H3,(H,27,28)/t19-,30?/m0/s1.